The number of aryl methyl sites for hydroxylation is 1. The van der Waals surface area contributed by atoms with Gasteiger partial charge in [0.25, 0.3) is 0 Å². The molecule has 1 saturated heterocycles. The quantitative estimate of drug-likeness (QED) is 0.415. The van der Waals surface area contributed by atoms with E-state index in [0.717, 1.165) is 49.2 Å². The van der Waals surface area contributed by atoms with Gasteiger partial charge in [-0.15, -0.1) is 0 Å². The smallest absolute Gasteiger partial charge is 0.345 e. The molecule has 0 radical (unpaired) electrons. The van der Waals surface area contributed by atoms with Gasteiger partial charge in [0.2, 0.25) is 5.88 Å². The largest absolute Gasteiger partial charge is 0.504 e. The van der Waals surface area contributed by atoms with E-state index in [9.17, 15) is 20.1 Å². The number of aliphatic hydroxyl groups excluding tert-OH is 1. The Labute approximate surface area is 202 Å². The van der Waals surface area contributed by atoms with Gasteiger partial charge in [-0.25, -0.2) is 14.8 Å². The molecule has 2 aliphatic rings. The van der Waals surface area contributed by atoms with Crippen LogP contribution in [0.5, 0.6) is 5.75 Å². The molecular formula is C26H26N4O5. The Hall–Kier alpha value is -3.95. The van der Waals surface area contributed by atoms with E-state index in [0.29, 0.717) is 17.1 Å². The number of aliphatic imine (C=N–C) groups is 1. The second kappa shape index (κ2) is 9.36. The summed E-state index contributed by atoms with van der Waals surface area (Å²) in [6.07, 6.45) is 6.14. The number of aromatic hydroxyl groups is 1. The fraction of sp³-hybridized carbons (Fsp3) is 0.269. The first kappa shape index (κ1) is 22.8. The number of benzene rings is 1. The number of aromatic carboxylic acids is 1. The summed E-state index contributed by atoms with van der Waals surface area (Å²) in [7, 11) is 0. The fourth-order valence-corrected chi connectivity index (χ4v) is 4.43. The summed E-state index contributed by atoms with van der Waals surface area (Å²) in [5.41, 5.74) is 3.80. The van der Waals surface area contributed by atoms with Gasteiger partial charge in [-0.1, -0.05) is 12.1 Å². The van der Waals surface area contributed by atoms with Crippen LogP contribution in [0.3, 0.4) is 0 Å². The van der Waals surface area contributed by atoms with Gasteiger partial charge in [-0.05, 0) is 55.2 Å². The van der Waals surface area contributed by atoms with Crippen LogP contribution in [0.1, 0.15) is 45.7 Å². The number of allylic oxidation sites excluding steroid dienone is 1. The molecule has 0 aliphatic carbocycles. The molecule has 4 heterocycles. The molecule has 0 atom stereocenters. The van der Waals surface area contributed by atoms with Crippen molar-refractivity contribution in [2.45, 2.75) is 32.4 Å². The average molecular weight is 475 g/mol. The van der Waals surface area contributed by atoms with Gasteiger partial charge in [-0.3, -0.25) is 4.90 Å². The third-order valence-corrected chi connectivity index (χ3v) is 6.34. The van der Waals surface area contributed by atoms with Crippen LogP contribution < -0.4 is 5.32 Å². The van der Waals surface area contributed by atoms with Crippen molar-refractivity contribution in [1.29, 1.82) is 0 Å². The molecule has 1 aromatic carbocycles. The number of pyridine rings is 1. The molecule has 2 aliphatic heterocycles. The highest BCUT2D eigenvalue weighted by atomic mass is 16.4. The third-order valence-electron chi connectivity index (χ3n) is 6.34. The number of likely N-dealkylation sites (tertiary alicyclic amines) is 1. The van der Waals surface area contributed by atoms with Crippen LogP contribution in [0.15, 0.2) is 45.9 Å². The van der Waals surface area contributed by atoms with Crippen molar-refractivity contribution in [3.8, 4) is 5.75 Å². The van der Waals surface area contributed by atoms with Crippen LogP contribution in [-0.2, 0) is 6.54 Å². The summed E-state index contributed by atoms with van der Waals surface area (Å²) in [5, 5.41) is 33.1. The number of nitrogens with zero attached hydrogens (tertiary/aromatic N) is 3. The SMILES string of the molecule is Cc1cc(CN2CCC(O)CC2)ccc1Nc1oc(C=C2C=Nc3ncccc32)c(O)c1C(=O)O. The number of fused-ring (bicyclic) bond motifs is 1. The minimum Gasteiger partial charge on any atom is -0.504 e. The zero-order valence-corrected chi connectivity index (χ0v) is 19.2. The highest BCUT2D eigenvalue weighted by Crippen LogP contribution is 2.39. The molecule has 0 unspecified atom stereocenters. The summed E-state index contributed by atoms with van der Waals surface area (Å²) >= 11 is 0. The highest BCUT2D eigenvalue weighted by Gasteiger charge is 2.26. The van der Waals surface area contributed by atoms with Crippen LogP contribution in [0.4, 0.5) is 17.4 Å². The Balaban J connectivity index is 1.39. The van der Waals surface area contributed by atoms with Crippen LogP contribution in [0.2, 0.25) is 0 Å². The second-order valence-corrected chi connectivity index (χ2v) is 8.84. The third kappa shape index (κ3) is 4.68. The lowest BCUT2D eigenvalue weighted by atomic mass is 10.1. The van der Waals surface area contributed by atoms with Crippen LogP contribution >= 0.6 is 0 Å². The van der Waals surface area contributed by atoms with Crippen LogP contribution in [0.25, 0.3) is 11.6 Å². The fourth-order valence-electron chi connectivity index (χ4n) is 4.43. The Morgan fingerprint density at radius 3 is 2.83 bits per heavy atom. The highest BCUT2D eigenvalue weighted by molar-refractivity contribution is 6.21. The number of rotatable bonds is 6. The van der Waals surface area contributed by atoms with Gasteiger partial charge < -0.3 is 25.1 Å². The van der Waals surface area contributed by atoms with Gasteiger partial charge in [0.05, 0.1) is 6.10 Å². The van der Waals surface area contributed by atoms with Crippen LogP contribution in [0, 0.1) is 6.92 Å². The molecule has 4 N–H and O–H groups in total. The zero-order chi connectivity index (χ0) is 24.5. The maximum atomic E-state index is 11.9. The molecule has 9 nitrogen and oxygen atoms in total. The minimum atomic E-state index is -1.30. The number of aromatic nitrogens is 1. The molecule has 35 heavy (non-hydrogen) atoms. The van der Waals surface area contributed by atoms with Crippen molar-refractivity contribution < 1.29 is 24.5 Å². The lowest BCUT2D eigenvalue weighted by molar-refractivity contribution is 0.0694. The van der Waals surface area contributed by atoms with Crippen molar-refractivity contribution in [2.24, 2.45) is 4.99 Å². The number of hydrogen-bond acceptors (Lipinski definition) is 8. The summed E-state index contributed by atoms with van der Waals surface area (Å²) < 4.78 is 5.77. The van der Waals surface area contributed by atoms with Crippen molar-refractivity contribution in [3.05, 3.63) is 64.5 Å². The van der Waals surface area contributed by atoms with E-state index >= 15 is 0 Å². The topological polar surface area (TPSA) is 131 Å². The Morgan fingerprint density at radius 2 is 2.09 bits per heavy atom. The number of furan rings is 1. The lowest BCUT2D eigenvalue weighted by Crippen LogP contribution is -2.35. The van der Waals surface area contributed by atoms with Crippen molar-refractivity contribution >= 4 is 41.2 Å². The average Bonchev–Trinajstić information content (AvgIpc) is 3.38. The summed E-state index contributed by atoms with van der Waals surface area (Å²) in [5.74, 6) is -1.24. The summed E-state index contributed by atoms with van der Waals surface area (Å²) in [6, 6.07) is 9.51. The summed E-state index contributed by atoms with van der Waals surface area (Å²) in [4.78, 5) is 22.6. The van der Waals surface area contributed by atoms with Crippen molar-refractivity contribution in [3.63, 3.8) is 0 Å². The maximum Gasteiger partial charge on any atom is 0.345 e. The number of carbonyl (C=O) groups is 1. The molecule has 5 rings (SSSR count). The molecular weight excluding hydrogens is 448 g/mol. The number of carboxylic acid groups (broad SMARTS) is 1. The maximum absolute atomic E-state index is 11.9. The Morgan fingerprint density at radius 1 is 1.29 bits per heavy atom. The first-order valence-electron chi connectivity index (χ1n) is 11.5. The van der Waals surface area contributed by atoms with Crippen LogP contribution in [-0.4, -0.2) is 56.6 Å². The molecule has 0 amide bonds. The first-order chi connectivity index (χ1) is 16.9. The predicted molar refractivity (Wildman–Crippen MR) is 133 cm³/mol. The molecule has 0 saturated carbocycles. The van der Waals surface area contributed by atoms with Gasteiger partial charge >= 0.3 is 5.97 Å². The van der Waals surface area contributed by atoms with E-state index in [1.54, 1.807) is 24.6 Å². The number of hydrogen-bond donors (Lipinski definition) is 4. The van der Waals surface area contributed by atoms with Crippen molar-refractivity contribution in [2.75, 3.05) is 18.4 Å². The normalized spacial score (nSPS) is 17.1. The van der Waals surface area contributed by atoms with Gasteiger partial charge in [-0.2, -0.15) is 0 Å². The monoisotopic (exact) mass is 474 g/mol. The Bertz CT molecular complexity index is 1340. The van der Waals surface area contributed by atoms with Crippen molar-refractivity contribution in [1.82, 2.24) is 9.88 Å². The number of aliphatic hydroxyl groups is 1. The molecule has 0 spiro atoms. The van der Waals surface area contributed by atoms with Gasteiger partial charge in [0, 0.05) is 48.9 Å². The van der Waals surface area contributed by atoms with E-state index in [4.69, 9.17) is 4.42 Å². The number of piperidine rings is 1. The Kier molecular flexibility index (Phi) is 6.10. The second-order valence-electron chi connectivity index (χ2n) is 8.84. The lowest BCUT2D eigenvalue weighted by Gasteiger charge is -2.29. The number of nitrogens with one attached hydrogen (secondary N) is 1. The molecule has 2 aromatic heterocycles. The van der Waals surface area contributed by atoms with E-state index < -0.39 is 11.7 Å². The van der Waals surface area contributed by atoms with Gasteiger partial charge in [0.15, 0.2) is 22.9 Å². The standard InChI is InChI=1S/C26H26N4O5/c1-15-11-16(14-30-9-6-18(31)7-10-30)4-5-20(15)29-25-22(26(33)34)23(32)21(35-25)12-17-13-28-24-19(17)3-2-8-27-24/h2-5,8,11-13,18,29,31-32H,6-7,9-10,14H2,1H3,(H,33,34). The summed E-state index contributed by atoms with van der Waals surface area (Å²) in [6.45, 7) is 4.43. The number of carboxylic acids is 1. The van der Waals surface area contributed by atoms with E-state index in [-0.39, 0.29) is 23.3 Å². The van der Waals surface area contributed by atoms with E-state index in [2.05, 4.69) is 20.2 Å². The molecule has 1 fully saturated rings. The number of anilines is 2. The van der Waals surface area contributed by atoms with E-state index in [1.165, 1.54) is 0 Å². The predicted octanol–water partition coefficient (Wildman–Crippen LogP) is 4.34. The zero-order valence-electron chi connectivity index (χ0n) is 19.2. The van der Waals surface area contributed by atoms with E-state index in [1.807, 2.05) is 31.2 Å². The molecule has 0 bridgehead atoms. The molecule has 9 heteroatoms. The first-order valence-corrected chi connectivity index (χ1v) is 11.5. The molecule has 3 aromatic rings. The van der Waals surface area contributed by atoms with Gasteiger partial charge in [0.1, 0.15) is 0 Å². The molecule has 180 valence electrons. The minimum absolute atomic E-state index is 0.0182.